The fraction of sp³-hybridized carbons (Fsp3) is 0.286. The van der Waals surface area contributed by atoms with Gasteiger partial charge < -0.3 is 19.5 Å². The summed E-state index contributed by atoms with van der Waals surface area (Å²) in [5, 5.41) is 21.3. The first-order valence-corrected chi connectivity index (χ1v) is 9.03. The van der Waals surface area contributed by atoms with Crippen LogP contribution in [0.15, 0.2) is 35.1 Å². The van der Waals surface area contributed by atoms with Crippen LogP contribution in [0.4, 0.5) is 0 Å². The monoisotopic (exact) mass is 380 g/mol. The van der Waals surface area contributed by atoms with Crippen LogP contribution in [0.3, 0.4) is 0 Å². The highest BCUT2D eigenvalue weighted by Crippen LogP contribution is 2.36. The number of hydrogen-bond donors (Lipinski definition) is 2. The number of ether oxygens (including phenoxy) is 1. The Morgan fingerprint density at radius 3 is 2.82 bits per heavy atom. The zero-order valence-corrected chi connectivity index (χ0v) is 15.6. The standard InChI is InChI=1S/C21H20N2O5/c1-3-21(2,27)16-8-18-19-13(6-12-7-14(25)4-5-17(12)22-19)9-23(18)20(26)15(16)10-28-11-24/h4-8,11,25,27H,3,9-10H2,1-2H3. The summed E-state index contributed by atoms with van der Waals surface area (Å²) >= 11 is 0. The molecular formula is C21H20N2O5. The maximum atomic E-state index is 13.2. The van der Waals surface area contributed by atoms with Gasteiger partial charge in [-0.3, -0.25) is 9.59 Å². The lowest BCUT2D eigenvalue weighted by atomic mass is 9.89. The van der Waals surface area contributed by atoms with Gasteiger partial charge in [-0.15, -0.1) is 0 Å². The van der Waals surface area contributed by atoms with Crippen LogP contribution >= 0.6 is 0 Å². The van der Waals surface area contributed by atoms with Crippen molar-refractivity contribution >= 4 is 17.4 Å². The number of aliphatic hydroxyl groups is 1. The van der Waals surface area contributed by atoms with Crippen LogP contribution in [-0.2, 0) is 28.3 Å². The molecular weight excluding hydrogens is 360 g/mol. The van der Waals surface area contributed by atoms with E-state index in [4.69, 9.17) is 4.74 Å². The van der Waals surface area contributed by atoms with Gasteiger partial charge in [-0.05, 0) is 49.2 Å². The number of aromatic hydroxyl groups is 1. The number of fused-ring (bicyclic) bond motifs is 4. The minimum atomic E-state index is -1.25. The average Bonchev–Trinajstić information content (AvgIpc) is 3.03. The molecule has 1 atom stereocenters. The average molecular weight is 380 g/mol. The van der Waals surface area contributed by atoms with Crippen molar-refractivity contribution < 1.29 is 19.7 Å². The predicted molar refractivity (Wildman–Crippen MR) is 103 cm³/mol. The third-order valence-corrected chi connectivity index (χ3v) is 5.41. The Morgan fingerprint density at radius 2 is 2.11 bits per heavy atom. The van der Waals surface area contributed by atoms with Crippen LogP contribution in [0, 0.1) is 0 Å². The van der Waals surface area contributed by atoms with E-state index >= 15 is 0 Å². The fourth-order valence-electron chi connectivity index (χ4n) is 3.69. The summed E-state index contributed by atoms with van der Waals surface area (Å²) in [5.74, 6) is 0.150. The normalized spacial score (nSPS) is 14.4. The molecule has 1 aromatic carbocycles. The van der Waals surface area contributed by atoms with E-state index in [1.807, 2.05) is 13.0 Å². The fourth-order valence-corrected chi connectivity index (χ4v) is 3.69. The number of phenols is 1. The lowest BCUT2D eigenvalue weighted by molar-refractivity contribution is -0.129. The van der Waals surface area contributed by atoms with E-state index in [9.17, 15) is 19.8 Å². The summed E-state index contributed by atoms with van der Waals surface area (Å²) in [6.07, 6.45) is 0.390. The molecule has 4 rings (SSSR count). The van der Waals surface area contributed by atoms with Crippen molar-refractivity contribution in [2.75, 3.05) is 0 Å². The Hall–Kier alpha value is -3.19. The molecule has 144 valence electrons. The number of aromatic nitrogens is 2. The minimum absolute atomic E-state index is 0.150. The first-order valence-electron chi connectivity index (χ1n) is 9.03. The van der Waals surface area contributed by atoms with Gasteiger partial charge in [0, 0.05) is 10.9 Å². The summed E-state index contributed by atoms with van der Waals surface area (Å²) in [7, 11) is 0. The van der Waals surface area contributed by atoms with Gasteiger partial charge in [0.15, 0.2) is 0 Å². The number of carbonyl (C=O) groups is 1. The Bertz CT molecular complexity index is 1160. The van der Waals surface area contributed by atoms with Crippen LogP contribution in [0.2, 0.25) is 0 Å². The second-order valence-corrected chi connectivity index (χ2v) is 7.22. The molecule has 0 amide bonds. The van der Waals surface area contributed by atoms with Crippen molar-refractivity contribution in [3.05, 3.63) is 57.4 Å². The minimum Gasteiger partial charge on any atom is -0.508 e. The molecule has 0 aliphatic carbocycles. The molecule has 0 saturated heterocycles. The molecule has 0 bridgehead atoms. The van der Waals surface area contributed by atoms with Gasteiger partial charge in [-0.1, -0.05) is 6.92 Å². The summed E-state index contributed by atoms with van der Waals surface area (Å²) in [6.45, 7) is 3.87. The summed E-state index contributed by atoms with van der Waals surface area (Å²) in [6, 6.07) is 8.59. The molecule has 3 aromatic rings. The van der Waals surface area contributed by atoms with Gasteiger partial charge in [0.25, 0.3) is 12.0 Å². The van der Waals surface area contributed by atoms with E-state index < -0.39 is 5.60 Å². The van der Waals surface area contributed by atoms with E-state index in [-0.39, 0.29) is 30.0 Å². The molecule has 28 heavy (non-hydrogen) atoms. The van der Waals surface area contributed by atoms with E-state index in [1.54, 1.807) is 35.8 Å². The van der Waals surface area contributed by atoms with E-state index in [1.165, 1.54) is 0 Å². The largest absolute Gasteiger partial charge is 0.508 e. The third-order valence-electron chi connectivity index (χ3n) is 5.41. The Morgan fingerprint density at radius 1 is 1.32 bits per heavy atom. The van der Waals surface area contributed by atoms with Crippen molar-refractivity contribution in [1.29, 1.82) is 0 Å². The SMILES string of the molecule is CCC(C)(O)c1cc2n(c(=O)c1COC=O)Cc1cc3cc(O)ccc3nc1-2. The number of benzene rings is 1. The molecule has 1 unspecified atom stereocenters. The second kappa shape index (κ2) is 6.45. The lowest BCUT2D eigenvalue weighted by Gasteiger charge is -2.25. The van der Waals surface area contributed by atoms with Crippen molar-refractivity contribution in [1.82, 2.24) is 9.55 Å². The quantitative estimate of drug-likeness (QED) is 0.516. The van der Waals surface area contributed by atoms with E-state index in [0.717, 1.165) is 10.9 Å². The van der Waals surface area contributed by atoms with Gasteiger partial charge in [-0.2, -0.15) is 0 Å². The number of carbonyl (C=O) groups excluding carboxylic acids is 1. The zero-order valence-electron chi connectivity index (χ0n) is 15.6. The van der Waals surface area contributed by atoms with Crippen molar-refractivity contribution in [2.24, 2.45) is 0 Å². The van der Waals surface area contributed by atoms with Gasteiger partial charge >= 0.3 is 0 Å². The molecule has 1 aliphatic heterocycles. The molecule has 0 radical (unpaired) electrons. The Balaban J connectivity index is 1.97. The van der Waals surface area contributed by atoms with E-state index in [0.29, 0.717) is 35.4 Å². The maximum absolute atomic E-state index is 13.2. The summed E-state index contributed by atoms with van der Waals surface area (Å²) in [5.41, 5.74) is 1.99. The number of phenolic OH excluding ortho intramolecular Hbond substituents is 1. The van der Waals surface area contributed by atoms with Crippen LogP contribution < -0.4 is 5.56 Å². The molecule has 1 aliphatic rings. The number of pyridine rings is 2. The number of nitrogens with zero attached hydrogens (tertiary/aromatic N) is 2. The van der Waals surface area contributed by atoms with Crippen molar-refractivity contribution in [3.63, 3.8) is 0 Å². The maximum Gasteiger partial charge on any atom is 0.293 e. The molecule has 0 fully saturated rings. The Labute approximate surface area is 160 Å². The highest BCUT2D eigenvalue weighted by Gasteiger charge is 2.31. The smallest absolute Gasteiger partial charge is 0.293 e. The predicted octanol–water partition coefficient (Wildman–Crippen LogP) is 2.42. The molecule has 7 nitrogen and oxygen atoms in total. The van der Waals surface area contributed by atoms with Gasteiger partial charge in [0.2, 0.25) is 0 Å². The summed E-state index contributed by atoms with van der Waals surface area (Å²) < 4.78 is 6.42. The lowest BCUT2D eigenvalue weighted by Crippen LogP contribution is -2.31. The summed E-state index contributed by atoms with van der Waals surface area (Å²) in [4.78, 5) is 28.5. The van der Waals surface area contributed by atoms with Crippen molar-refractivity contribution in [2.45, 2.75) is 39.0 Å². The molecule has 3 heterocycles. The molecule has 2 N–H and O–H groups in total. The highest BCUT2D eigenvalue weighted by molar-refractivity contribution is 5.85. The third kappa shape index (κ3) is 2.75. The van der Waals surface area contributed by atoms with E-state index in [2.05, 4.69) is 4.98 Å². The van der Waals surface area contributed by atoms with Crippen LogP contribution in [0.1, 0.15) is 37.0 Å². The molecule has 0 spiro atoms. The molecule has 2 aromatic heterocycles. The number of hydrogen-bond acceptors (Lipinski definition) is 6. The first kappa shape index (κ1) is 18.2. The van der Waals surface area contributed by atoms with Gasteiger partial charge in [0.1, 0.15) is 12.4 Å². The second-order valence-electron chi connectivity index (χ2n) is 7.22. The zero-order chi connectivity index (χ0) is 20.1. The molecule has 0 saturated carbocycles. The Kier molecular flexibility index (Phi) is 4.19. The van der Waals surface area contributed by atoms with Gasteiger partial charge in [0.05, 0.1) is 34.6 Å². The molecule has 7 heteroatoms. The van der Waals surface area contributed by atoms with Crippen LogP contribution in [-0.4, -0.2) is 26.2 Å². The van der Waals surface area contributed by atoms with Crippen molar-refractivity contribution in [3.8, 4) is 17.1 Å². The van der Waals surface area contributed by atoms with Crippen LogP contribution in [0.5, 0.6) is 5.75 Å². The van der Waals surface area contributed by atoms with Crippen LogP contribution in [0.25, 0.3) is 22.3 Å². The van der Waals surface area contributed by atoms with Gasteiger partial charge in [-0.25, -0.2) is 4.98 Å². The first-order chi connectivity index (χ1) is 13.4. The highest BCUT2D eigenvalue weighted by atomic mass is 16.5. The topological polar surface area (TPSA) is 102 Å². The number of rotatable bonds is 5.